The molecule has 1 aromatic rings. The summed E-state index contributed by atoms with van der Waals surface area (Å²) in [4.78, 5) is 36.8. The van der Waals surface area contributed by atoms with E-state index in [1.807, 2.05) is 6.92 Å². The molecule has 1 saturated heterocycles. The predicted molar refractivity (Wildman–Crippen MR) is 84.0 cm³/mol. The lowest BCUT2D eigenvalue weighted by Crippen LogP contribution is -2.40. The summed E-state index contributed by atoms with van der Waals surface area (Å²) in [6, 6.07) is 3.62. The highest BCUT2D eigenvalue weighted by Gasteiger charge is 2.40. The smallest absolute Gasteiger partial charge is 0.279 e. The number of thioether (sulfide) groups is 1. The van der Waals surface area contributed by atoms with Crippen LogP contribution < -0.4 is 10.2 Å². The van der Waals surface area contributed by atoms with Crippen LogP contribution in [0.1, 0.15) is 13.3 Å². The lowest BCUT2D eigenvalue weighted by Gasteiger charge is -2.16. The van der Waals surface area contributed by atoms with Gasteiger partial charge in [0.2, 0.25) is 5.91 Å². The minimum atomic E-state index is -0.846. The van der Waals surface area contributed by atoms with E-state index >= 15 is 0 Å². The average molecular weight is 347 g/mol. The number of imide groups is 1. The van der Waals surface area contributed by atoms with Crippen molar-refractivity contribution in [3.05, 3.63) is 28.2 Å². The third kappa shape index (κ3) is 3.70. The van der Waals surface area contributed by atoms with Gasteiger partial charge >= 0.3 is 0 Å². The zero-order valence-corrected chi connectivity index (χ0v) is 13.4. The molecule has 0 spiro atoms. The van der Waals surface area contributed by atoms with Crippen LogP contribution in [0, 0.1) is 0 Å². The third-order valence-electron chi connectivity index (χ3n) is 2.82. The van der Waals surface area contributed by atoms with E-state index in [9.17, 15) is 14.4 Å². The van der Waals surface area contributed by atoms with E-state index in [2.05, 4.69) is 5.32 Å². The van der Waals surface area contributed by atoms with E-state index in [-0.39, 0.29) is 11.7 Å². The first-order valence-electron chi connectivity index (χ1n) is 6.18. The standard InChI is InChI=1S/C13H12Cl2N2O3S/c1-2-21-13(20)16-10-6-11(18)17(12(10)19)9-4-7(14)3-8(15)5-9/h3-5,10H,2,6H2,1H3,(H,16,20). The van der Waals surface area contributed by atoms with Gasteiger partial charge in [-0.25, -0.2) is 4.90 Å². The van der Waals surface area contributed by atoms with Gasteiger partial charge in [-0.05, 0) is 24.0 Å². The van der Waals surface area contributed by atoms with E-state index in [0.29, 0.717) is 21.5 Å². The molecule has 3 amide bonds. The van der Waals surface area contributed by atoms with Crippen LogP contribution in [-0.2, 0) is 9.59 Å². The highest BCUT2D eigenvalue weighted by Crippen LogP contribution is 2.29. The summed E-state index contributed by atoms with van der Waals surface area (Å²) in [7, 11) is 0. The number of rotatable bonds is 3. The molecule has 0 radical (unpaired) electrons. The van der Waals surface area contributed by atoms with Crippen molar-refractivity contribution >= 4 is 57.7 Å². The Morgan fingerprint density at radius 3 is 2.52 bits per heavy atom. The molecular formula is C13H12Cl2N2O3S. The van der Waals surface area contributed by atoms with Crippen LogP contribution in [0.15, 0.2) is 18.2 Å². The van der Waals surface area contributed by atoms with Crippen molar-refractivity contribution in [3.63, 3.8) is 0 Å². The first-order valence-corrected chi connectivity index (χ1v) is 7.92. The van der Waals surface area contributed by atoms with Crippen LogP contribution in [0.2, 0.25) is 10.0 Å². The normalized spacial score (nSPS) is 18.2. The fourth-order valence-corrected chi connectivity index (χ4v) is 3.00. The second-order valence-electron chi connectivity index (χ2n) is 4.32. The minimum Gasteiger partial charge on any atom is -0.335 e. The molecule has 1 aliphatic heterocycles. The lowest BCUT2D eigenvalue weighted by atomic mass is 10.2. The Bertz CT molecular complexity index is 589. The van der Waals surface area contributed by atoms with E-state index < -0.39 is 17.9 Å². The highest BCUT2D eigenvalue weighted by molar-refractivity contribution is 8.13. The van der Waals surface area contributed by atoms with Crippen LogP contribution in [0.25, 0.3) is 0 Å². The molecular weight excluding hydrogens is 335 g/mol. The number of nitrogens with zero attached hydrogens (tertiary/aromatic N) is 1. The molecule has 2 rings (SSSR count). The molecule has 1 heterocycles. The Morgan fingerprint density at radius 2 is 1.95 bits per heavy atom. The average Bonchev–Trinajstić information content (AvgIpc) is 2.63. The number of benzene rings is 1. The second-order valence-corrected chi connectivity index (χ2v) is 6.43. The Balaban J connectivity index is 2.20. The largest absolute Gasteiger partial charge is 0.335 e. The number of amides is 3. The quantitative estimate of drug-likeness (QED) is 0.854. The number of hydrogen-bond acceptors (Lipinski definition) is 4. The third-order valence-corrected chi connectivity index (χ3v) is 3.92. The maximum atomic E-state index is 12.3. The van der Waals surface area contributed by atoms with Gasteiger partial charge in [0.15, 0.2) is 0 Å². The summed E-state index contributed by atoms with van der Waals surface area (Å²) in [5, 5.41) is 2.86. The molecule has 1 aromatic carbocycles. The maximum absolute atomic E-state index is 12.3. The molecule has 0 bridgehead atoms. The molecule has 112 valence electrons. The summed E-state index contributed by atoms with van der Waals surface area (Å²) in [6.07, 6.45) is -0.0705. The van der Waals surface area contributed by atoms with Crippen molar-refractivity contribution in [3.8, 4) is 0 Å². The molecule has 0 aromatic heterocycles. The van der Waals surface area contributed by atoms with Crippen LogP contribution in [-0.4, -0.2) is 28.8 Å². The first kappa shape index (κ1) is 16.1. The Labute approximate surface area is 136 Å². The van der Waals surface area contributed by atoms with E-state index in [1.54, 1.807) is 0 Å². The number of nitrogens with one attached hydrogen (secondary N) is 1. The van der Waals surface area contributed by atoms with Gasteiger partial charge in [-0.3, -0.25) is 14.4 Å². The molecule has 1 N–H and O–H groups in total. The monoisotopic (exact) mass is 346 g/mol. The minimum absolute atomic E-state index is 0.0705. The molecule has 1 atom stereocenters. The van der Waals surface area contributed by atoms with Gasteiger partial charge in [-0.15, -0.1) is 0 Å². The molecule has 21 heavy (non-hydrogen) atoms. The molecule has 1 aliphatic rings. The van der Waals surface area contributed by atoms with Crippen molar-refractivity contribution in [2.24, 2.45) is 0 Å². The number of halogens is 2. The fourth-order valence-electron chi connectivity index (χ4n) is 2.00. The maximum Gasteiger partial charge on any atom is 0.279 e. The molecule has 8 heteroatoms. The Kier molecular flexibility index (Phi) is 5.13. The SMILES string of the molecule is CCSC(=O)NC1CC(=O)N(c2cc(Cl)cc(Cl)c2)C1=O. The van der Waals surface area contributed by atoms with Crippen molar-refractivity contribution in [2.75, 3.05) is 10.7 Å². The number of carbonyl (C=O) groups excluding carboxylic acids is 3. The fraction of sp³-hybridized carbons (Fsp3) is 0.308. The van der Waals surface area contributed by atoms with Gasteiger partial charge in [0, 0.05) is 10.0 Å². The summed E-state index contributed by atoms with van der Waals surface area (Å²) in [5.41, 5.74) is 0.308. The Morgan fingerprint density at radius 1 is 1.33 bits per heavy atom. The number of carbonyl (C=O) groups is 3. The van der Waals surface area contributed by atoms with Gasteiger partial charge in [0.25, 0.3) is 11.1 Å². The zero-order chi connectivity index (χ0) is 15.6. The van der Waals surface area contributed by atoms with Gasteiger partial charge in [0.1, 0.15) is 6.04 Å². The van der Waals surface area contributed by atoms with Gasteiger partial charge < -0.3 is 5.32 Å². The summed E-state index contributed by atoms with van der Waals surface area (Å²) < 4.78 is 0. The van der Waals surface area contributed by atoms with Crippen LogP contribution >= 0.6 is 35.0 Å². The van der Waals surface area contributed by atoms with Crippen molar-refractivity contribution < 1.29 is 14.4 Å². The van der Waals surface area contributed by atoms with Gasteiger partial charge in [0.05, 0.1) is 12.1 Å². The van der Waals surface area contributed by atoms with Crippen LogP contribution in [0.4, 0.5) is 10.5 Å². The molecule has 0 aliphatic carbocycles. The first-order chi connectivity index (χ1) is 9.92. The summed E-state index contributed by atoms with van der Waals surface area (Å²) in [6.45, 7) is 1.83. The topological polar surface area (TPSA) is 66.5 Å². The van der Waals surface area contributed by atoms with E-state index in [4.69, 9.17) is 23.2 Å². The van der Waals surface area contributed by atoms with Crippen molar-refractivity contribution in [1.29, 1.82) is 0 Å². The van der Waals surface area contributed by atoms with Crippen LogP contribution in [0.5, 0.6) is 0 Å². The van der Waals surface area contributed by atoms with E-state index in [1.165, 1.54) is 18.2 Å². The number of hydrogen-bond donors (Lipinski definition) is 1. The highest BCUT2D eigenvalue weighted by atomic mass is 35.5. The molecule has 1 unspecified atom stereocenters. The van der Waals surface area contributed by atoms with E-state index in [0.717, 1.165) is 16.7 Å². The summed E-state index contributed by atoms with van der Waals surface area (Å²) in [5.74, 6) is -0.289. The predicted octanol–water partition coefficient (Wildman–Crippen LogP) is 3.09. The lowest BCUT2D eigenvalue weighted by molar-refractivity contribution is -0.121. The van der Waals surface area contributed by atoms with Crippen LogP contribution in [0.3, 0.4) is 0 Å². The summed E-state index contributed by atoms with van der Waals surface area (Å²) >= 11 is 12.8. The van der Waals surface area contributed by atoms with Gasteiger partial charge in [-0.2, -0.15) is 0 Å². The second kappa shape index (κ2) is 6.68. The molecule has 5 nitrogen and oxygen atoms in total. The molecule has 0 saturated carbocycles. The van der Waals surface area contributed by atoms with Gasteiger partial charge in [-0.1, -0.05) is 41.9 Å². The molecule has 1 fully saturated rings. The zero-order valence-electron chi connectivity index (χ0n) is 11.1. The number of anilines is 1. The van der Waals surface area contributed by atoms with Crippen molar-refractivity contribution in [2.45, 2.75) is 19.4 Å². The van der Waals surface area contributed by atoms with Crippen molar-refractivity contribution in [1.82, 2.24) is 5.32 Å². The Hall–Kier alpha value is -1.24.